The number of aliphatic hydroxyl groups excluding tert-OH is 1. The van der Waals surface area contributed by atoms with Crippen molar-refractivity contribution in [2.24, 2.45) is 0 Å². The Morgan fingerprint density at radius 3 is 2.50 bits per heavy atom. The van der Waals surface area contributed by atoms with Crippen molar-refractivity contribution in [3.8, 4) is 17.2 Å². The molecule has 0 aromatic heterocycles. The minimum absolute atomic E-state index is 0.0816. The molecule has 2 aromatic carbocycles. The van der Waals surface area contributed by atoms with Gasteiger partial charge >= 0.3 is 0 Å². The van der Waals surface area contributed by atoms with E-state index in [0.717, 1.165) is 16.9 Å². The summed E-state index contributed by atoms with van der Waals surface area (Å²) < 4.78 is 16.9. The summed E-state index contributed by atoms with van der Waals surface area (Å²) in [7, 11) is 1.61. The third-order valence-corrected chi connectivity index (χ3v) is 6.34. The van der Waals surface area contributed by atoms with E-state index in [1.807, 2.05) is 45.9 Å². The molecule has 0 saturated carbocycles. The predicted molar refractivity (Wildman–Crippen MR) is 129 cm³/mol. The van der Waals surface area contributed by atoms with Gasteiger partial charge < -0.3 is 24.2 Å². The van der Waals surface area contributed by atoms with Crippen LogP contribution in [0.15, 0.2) is 35.9 Å². The number of hydrogen-bond donors (Lipinski definition) is 1. The average molecular weight is 466 g/mol. The number of fused-ring (bicyclic) bond motifs is 1. The summed E-state index contributed by atoms with van der Waals surface area (Å²) in [6.07, 6.45) is 0.674. The Morgan fingerprint density at radius 1 is 1.15 bits per heavy atom. The van der Waals surface area contributed by atoms with E-state index in [2.05, 4.69) is 0 Å². The molecule has 34 heavy (non-hydrogen) atoms. The SMILES string of the molecule is CCCN1C(=O)C(=O)/C(=C(/O)c2cc(C(C)C)c(OC)cc2C)C1c1ccc2c(c1)OCCO2. The van der Waals surface area contributed by atoms with Crippen LogP contribution in [0.5, 0.6) is 17.2 Å². The van der Waals surface area contributed by atoms with Crippen molar-refractivity contribution in [3.63, 3.8) is 0 Å². The number of hydrogen-bond acceptors (Lipinski definition) is 6. The number of ketones is 1. The molecular weight excluding hydrogens is 434 g/mol. The van der Waals surface area contributed by atoms with Gasteiger partial charge in [-0.05, 0) is 60.2 Å². The van der Waals surface area contributed by atoms with Crippen LogP contribution in [0.3, 0.4) is 0 Å². The summed E-state index contributed by atoms with van der Waals surface area (Å²) in [6, 6.07) is 8.38. The highest BCUT2D eigenvalue weighted by atomic mass is 16.6. The molecule has 2 heterocycles. The Hall–Kier alpha value is -3.48. The molecule has 1 unspecified atom stereocenters. The van der Waals surface area contributed by atoms with Crippen LogP contribution in [0, 0.1) is 6.92 Å². The molecule has 0 bridgehead atoms. The number of Topliss-reactive ketones (excluding diaryl/α,β-unsaturated/α-hetero) is 1. The zero-order chi connectivity index (χ0) is 24.6. The van der Waals surface area contributed by atoms with E-state index in [1.165, 1.54) is 4.90 Å². The average Bonchev–Trinajstić information content (AvgIpc) is 3.08. The van der Waals surface area contributed by atoms with E-state index in [9.17, 15) is 14.7 Å². The molecule has 1 saturated heterocycles. The van der Waals surface area contributed by atoms with Gasteiger partial charge in [-0.1, -0.05) is 26.8 Å². The van der Waals surface area contributed by atoms with Gasteiger partial charge in [0, 0.05) is 12.1 Å². The summed E-state index contributed by atoms with van der Waals surface area (Å²) in [5.41, 5.74) is 2.95. The van der Waals surface area contributed by atoms with Crippen molar-refractivity contribution in [2.45, 2.75) is 46.1 Å². The van der Waals surface area contributed by atoms with Gasteiger partial charge in [-0.25, -0.2) is 0 Å². The normalized spacial score (nSPS) is 19.1. The van der Waals surface area contributed by atoms with Gasteiger partial charge in [-0.2, -0.15) is 0 Å². The van der Waals surface area contributed by atoms with Gasteiger partial charge in [-0.15, -0.1) is 0 Å². The number of aliphatic hydroxyl groups is 1. The molecule has 4 rings (SSSR count). The van der Waals surface area contributed by atoms with Crippen LogP contribution in [0.25, 0.3) is 5.76 Å². The Labute approximate surface area is 199 Å². The first kappa shape index (κ1) is 23.7. The molecule has 7 nitrogen and oxygen atoms in total. The zero-order valence-electron chi connectivity index (χ0n) is 20.3. The summed E-state index contributed by atoms with van der Waals surface area (Å²) in [5.74, 6) is 0.560. The van der Waals surface area contributed by atoms with Crippen LogP contribution >= 0.6 is 0 Å². The molecular formula is C27H31NO6. The number of aryl methyl sites for hydroxylation is 1. The highest BCUT2D eigenvalue weighted by molar-refractivity contribution is 6.46. The van der Waals surface area contributed by atoms with E-state index < -0.39 is 17.7 Å². The van der Waals surface area contributed by atoms with E-state index in [-0.39, 0.29) is 17.3 Å². The number of ether oxygens (including phenoxy) is 3. The van der Waals surface area contributed by atoms with E-state index in [0.29, 0.717) is 48.8 Å². The lowest BCUT2D eigenvalue weighted by Crippen LogP contribution is -2.30. The first-order valence-corrected chi connectivity index (χ1v) is 11.6. The molecule has 1 fully saturated rings. The minimum Gasteiger partial charge on any atom is -0.507 e. The molecule has 1 N–H and O–H groups in total. The summed E-state index contributed by atoms with van der Waals surface area (Å²) >= 11 is 0. The number of rotatable bonds is 6. The van der Waals surface area contributed by atoms with Crippen LogP contribution in [-0.2, 0) is 9.59 Å². The summed E-state index contributed by atoms with van der Waals surface area (Å²) in [5, 5.41) is 11.5. The Kier molecular flexibility index (Phi) is 6.55. The van der Waals surface area contributed by atoms with Crippen molar-refractivity contribution >= 4 is 17.4 Å². The highest BCUT2D eigenvalue weighted by Gasteiger charge is 2.46. The topological polar surface area (TPSA) is 85.3 Å². The number of benzene rings is 2. The van der Waals surface area contributed by atoms with Crippen LogP contribution in [0.4, 0.5) is 0 Å². The largest absolute Gasteiger partial charge is 0.507 e. The van der Waals surface area contributed by atoms with Gasteiger partial charge in [0.2, 0.25) is 0 Å². The molecule has 2 aliphatic rings. The molecule has 2 aromatic rings. The Balaban J connectivity index is 1.91. The van der Waals surface area contributed by atoms with Crippen LogP contribution in [0.2, 0.25) is 0 Å². The fourth-order valence-electron chi connectivity index (χ4n) is 4.65. The van der Waals surface area contributed by atoms with Gasteiger partial charge in [0.05, 0.1) is 18.7 Å². The number of carbonyl (C=O) groups excluding carboxylic acids is 2. The third kappa shape index (κ3) is 4.00. The zero-order valence-corrected chi connectivity index (χ0v) is 20.3. The lowest BCUT2D eigenvalue weighted by atomic mass is 9.91. The fraction of sp³-hybridized carbons (Fsp3) is 0.407. The maximum absolute atomic E-state index is 13.2. The molecule has 180 valence electrons. The number of carbonyl (C=O) groups is 2. The van der Waals surface area contributed by atoms with Crippen molar-refractivity contribution in [2.75, 3.05) is 26.9 Å². The molecule has 0 spiro atoms. The molecule has 7 heteroatoms. The van der Waals surface area contributed by atoms with Crippen LogP contribution in [-0.4, -0.2) is 48.6 Å². The van der Waals surface area contributed by atoms with Gasteiger partial charge in [0.1, 0.15) is 24.7 Å². The van der Waals surface area contributed by atoms with Crippen molar-refractivity contribution in [3.05, 3.63) is 58.2 Å². The smallest absolute Gasteiger partial charge is 0.295 e. The maximum Gasteiger partial charge on any atom is 0.295 e. The lowest BCUT2D eigenvalue weighted by molar-refractivity contribution is -0.139. The van der Waals surface area contributed by atoms with Crippen molar-refractivity contribution < 1.29 is 28.9 Å². The van der Waals surface area contributed by atoms with E-state index >= 15 is 0 Å². The first-order chi connectivity index (χ1) is 16.3. The molecule has 1 atom stereocenters. The Bertz CT molecular complexity index is 1170. The van der Waals surface area contributed by atoms with E-state index in [1.54, 1.807) is 19.2 Å². The highest BCUT2D eigenvalue weighted by Crippen LogP contribution is 2.43. The van der Waals surface area contributed by atoms with Gasteiger partial charge in [0.15, 0.2) is 11.5 Å². The second kappa shape index (κ2) is 9.41. The molecule has 1 amide bonds. The number of likely N-dealkylation sites (tertiary alicyclic amines) is 1. The number of amides is 1. The molecule has 0 radical (unpaired) electrons. The second-order valence-electron chi connectivity index (χ2n) is 8.96. The third-order valence-electron chi connectivity index (χ3n) is 6.34. The second-order valence-corrected chi connectivity index (χ2v) is 8.96. The van der Waals surface area contributed by atoms with Gasteiger partial charge in [-0.3, -0.25) is 9.59 Å². The van der Waals surface area contributed by atoms with Crippen LogP contribution < -0.4 is 14.2 Å². The fourth-order valence-corrected chi connectivity index (χ4v) is 4.65. The van der Waals surface area contributed by atoms with E-state index in [4.69, 9.17) is 14.2 Å². The maximum atomic E-state index is 13.2. The summed E-state index contributed by atoms with van der Waals surface area (Å²) in [4.78, 5) is 27.8. The van der Waals surface area contributed by atoms with Crippen molar-refractivity contribution in [1.82, 2.24) is 4.90 Å². The number of nitrogens with zero attached hydrogens (tertiary/aromatic N) is 1. The van der Waals surface area contributed by atoms with Crippen LogP contribution in [0.1, 0.15) is 61.4 Å². The standard InChI is InChI=1S/C27H31NO6/c1-6-9-28-24(17-7-8-20-22(13-17)34-11-10-33-20)23(26(30)27(28)31)25(29)19-14-18(15(2)3)21(32-5)12-16(19)4/h7-8,12-15,24,29H,6,9-11H2,1-5H3/b25-23+. The molecule has 2 aliphatic heterocycles. The minimum atomic E-state index is -0.722. The quantitative estimate of drug-likeness (QED) is 0.377. The molecule has 0 aliphatic carbocycles. The summed E-state index contributed by atoms with van der Waals surface area (Å²) in [6.45, 7) is 9.15. The van der Waals surface area contributed by atoms with Crippen molar-refractivity contribution in [1.29, 1.82) is 0 Å². The van der Waals surface area contributed by atoms with Gasteiger partial charge in [0.25, 0.3) is 11.7 Å². The first-order valence-electron chi connectivity index (χ1n) is 11.6. The monoisotopic (exact) mass is 465 g/mol. The lowest BCUT2D eigenvalue weighted by Gasteiger charge is -2.27. The Morgan fingerprint density at radius 2 is 1.85 bits per heavy atom. The number of methoxy groups -OCH3 is 1. The predicted octanol–water partition coefficient (Wildman–Crippen LogP) is 4.73.